The van der Waals surface area contributed by atoms with Crippen molar-refractivity contribution in [3.05, 3.63) is 54.0 Å². The second-order valence-corrected chi connectivity index (χ2v) is 6.67. The van der Waals surface area contributed by atoms with Crippen LogP contribution in [0.2, 0.25) is 0 Å². The lowest BCUT2D eigenvalue weighted by Gasteiger charge is -2.34. The normalized spacial score (nSPS) is 16.0. The number of hydrogen-bond donors (Lipinski definition) is 1. The molecule has 0 unspecified atom stereocenters. The van der Waals surface area contributed by atoms with Gasteiger partial charge < -0.3 is 4.90 Å². The van der Waals surface area contributed by atoms with Crippen molar-refractivity contribution in [2.24, 2.45) is 0 Å². The number of benzene rings is 1. The molecule has 1 N–H and O–H groups in total. The van der Waals surface area contributed by atoms with Crippen molar-refractivity contribution in [1.82, 2.24) is 15.2 Å². The van der Waals surface area contributed by atoms with Gasteiger partial charge in [-0.25, -0.2) is 0 Å². The van der Waals surface area contributed by atoms with E-state index in [2.05, 4.69) is 58.4 Å². The van der Waals surface area contributed by atoms with Crippen LogP contribution in [0.4, 0.5) is 5.69 Å². The first kappa shape index (κ1) is 15.2. The predicted molar refractivity (Wildman–Crippen MR) is 98.5 cm³/mol. The Bertz CT molecular complexity index is 802. The second kappa shape index (κ2) is 6.63. The van der Waals surface area contributed by atoms with E-state index in [9.17, 15) is 0 Å². The molecular weight excluding hydrogens is 296 g/mol. The van der Waals surface area contributed by atoms with Gasteiger partial charge >= 0.3 is 0 Å². The minimum Gasteiger partial charge on any atom is -0.371 e. The average molecular weight is 320 g/mol. The highest BCUT2D eigenvalue weighted by atomic mass is 15.1. The Hall–Kier alpha value is -2.36. The fraction of sp³-hybridized carbons (Fsp3) is 0.400. The summed E-state index contributed by atoms with van der Waals surface area (Å²) in [6.45, 7) is 4.39. The summed E-state index contributed by atoms with van der Waals surface area (Å²) in [7, 11) is 0. The standard InChI is InChI=1S/C20H24N4/c1-2-5-16-14-20(17-6-3-4-7-19(17)22-16)24-12-9-15(10-13-24)18-8-11-21-23-18/h3-4,6-8,11,14-15H,2,5,9-10,12-13H2,1H3,(H,21,23). The zero-order valence-electron chi connectivity index (χ0n) is 14.2. The molecule has 2 aromatic heterocycles. The monoisotopic (exact) mass is 320 g/mol. The van der Waals surface area contributed by atoms with Crippen molar-refractivity contribution in [3.8, 4) is 0 Å². The van der Waals surface area contributed by atoms with Crippen LogP contribution in [0.1, 0.15) is 43.5 Å². The van der Waals surface area contributed by atoms with E-state index in [1.807, 2.05) is 6.20 Å². The van der Waals surface area contributed by atoms with Crippen LogP contribution in [-0.2, 0) is 6.42 Å². The van der Waals surface area contributed by atoms with Crippen molar-refractivity contribution in [2.75, 3.05) is 18.0 Å². The summed E-state index contributed by atoms with van der Waals surface area (Å²) in [5, 5.41) is 8.51. The van der Waals surface area contributed by atoms with Gasteiger partial charge in [0.05, 0.1) is 5.52 Å². The highest BCUT2D eigenvalue weighted by Gasteiger charge is 2.23. The molecular formula is C20H24N4. The molecule has 0 aliphatic carbocycles. The van der Waals surface area contributed by atoms with Gasteiger partial charge in [-0.05, 0) is 37.5 Å². The molecule has 1 fully saturated rings. The van der Waals surface area contributed by atoms with Crippen LogP contribution in [0.5, 0.6) is 0 Å². The SMILES string of the molecule is CCCc1cc(N2CCC(c3ccn[nH]3)CC2)c2ccccc2n1. The molecule has 24 heavy (non-hydrogen) atoms. The first-order chi connectivity index (χ1) is 11.8. The number of aryl methyl sites for hydroxylation is 1. The molecule has 0 bridgehead atoms. The van der Waals surface area contributed by atoms with Gasteiger partial charge in [0.15, 0.2) is 0 Å². The summed E-state index contributed by atoms with van der Waals surface area (Å²) >= 11 is 0. The summed E-state index contributed by atoms with van der Waals surface area (Å²) in [6.07, 6.45) is 6.37. The Morgan fingerprint density at radius 2 is 2.00 bits per heavy atom. The lowest BCUT2D eigenvalue weighted by Crippen LogP contribution is -2.33. The molecule has 1 aliphatic rings. The largest absolute Gasteiger partial charge is 0.371 e. The minimum absolute atomic E-state index is 0.604. The van der Waals surface area contributed by atoms with Crippen molar-refractivity contribution in [3.63, 3.8) is 0 Å². The smallest absolute Gasteiger partial charge is 0.0726 e. The van der Waals surface area contributed by atoms with Crippen LogP contribution in [0.25, 0.3) is 10.9 Å². The van der Waals surface area contributed by atoms with Crippen molar-refractivity contribution in [1.29, 1.82) is 0 Å². The predicted octanol–water partition coefficient (Wildman–Crippen LogP) is 4.29. The highest BCUT2D eigenvalue weighted by Crippen LogP contribution is 2.33. The molecule has 0 radical (unpaired) electrons. The molecule has 124 valence electrons. The number of nitrogens with one attached hydrogen (secondary N) is 1. The maximum Gasteiger partial charge on any atom is 0.0726 e. The molecule has 4 rings (SSSR count). The van der Waals surface area contributed by atoms with Crippen molar-refractivity contribution in [2.45, 2.75) is 38.5 Å². The van der Waals surface area contributed by atoms with E-state index in [4.69, 9.17) is 4.98 Å². The molecule has 1 aliphatic heterocycles. The molecule has 4 nitrogen and oxygen atoms in total. The van der Waals surface area contributed by atoms with E-state index in [1.54, 1.807) is 0 Å². The van der Waals surface area contributed by atoms with Gasteiger partial charge in [0.25, 0.3) is 0 Å². The Balaban J connectivity index is 1.62. The van der Waals surface area contributed by atoms with Crippen molar-refractivity contribution < 1.29 is 0 Å². The Kier molecular flexibility index (Phi) is 4.20. The molecule has 0 saturated carbocycles. The van der Waals surface area contributed by atoms with Gasteiger partial charge in [-0.15, -0.1) is 0 Å². The molecule has 0 amide bonds. The van der Waals surface area contributed by atoms with Gasteiger partial charge in [0.1, 0.15) is 0 Å². The van der Waals surface area contributed by atoms with Gasteiger partial charge in [-0.2, -0.15) is 5.10 Å². The van der Waals surface area contributed by atoms with Crippen molar-refractivity contribution >= 4 is 16.6 Å². The van der Waals surface area contributed by atoms with E-state index in [0.29, 0.717) is 5.92 Å². The molecule has 0 spiro atoms. The summed E-state index contributed by atoms with van der Waals surface area (Å²) in [6, 6.07) is 13.0. The number of nitrogens with zero attached hydrogens (tertiary/aromatic N) is 3. The minimum atomic E-state index is 0.604. The second-order valence-electron chi connectivity index (χ2n) is 6.67. The maximum atomic E-state index is 4.84. The summed E-state index contributed by atoms with van der Waals surface area (Å²) in [5.74, 6) is 0.604. The number of anilines is 1. The molecule has 0 atom stereocenters. The number of pyridine rings is 1. The third-order valence-electron chi connectivity index (χ3n) is 5.05. The van der Waals surface area contributed by atoms with E-state index in [0.717, 1.165) is 31.4 Å². The maximum absolute atomic E-state index is 4.84. The van der Waals surface area contributed by atoms with Crippen LogP contribution in [0, 0.1) is 0 Å². The molecule has 1 saturated heterocycles. The quantitative estimate of drug-likeness (QED) is 0.780. The van der Waals surface area contributed by atoms with E-state index in [1.165, 1.54) is 35.3 Å². The van der Waals surface area contributed by atoms with E-state index in [-0.39, 0.29) is 0 Å². The number of hydrogen-bond acceptors (Lipinski definition) is 3. The van der Waals surface area contributed by atoms with Crippen LogP contribution in [0.15, 0.2) is 42.6 Å². The van der Waals surface area contributed by atoms with Crippen LogP contribution >= 0.6 is 0 Å². The number of para-hydroxylation sites is 1. The lowest BCUT2D eigenvalue weighted by molar-refractivity contribution is 0.496. The van der Waals surface area contributed by atoms with Gasteiger partial charge in [0.2, 0.25) is 0 Å². The first-order valence-electron chi connectivity index (χ1n) is 8.98. The summed E-state index contributed by atoms with van der Waals surface area (Å²) < 4.78 is 0. The number of piperidine rings is 1. The summed E-state index contributed by atoms with van der Waals surface area (Å²) in [4.78, 5) is 7.37. The number of H-pyrrole nitrogens is 1. The van der Waals surface area contributed by atoms with Gasteiger partial charge in [-0.1, -0.05) is 31.5 Å². The Morgan fingerprint density at radius 1 is 1.17 bits per heavy atom. The molecule has 4 heteroatoms. The summed E-state index contributed by atoms with van der Waals surface area (Å²) in [5.41, 5.74) is 4.96. The first-order valence-corrected chi connectivity index (χ1v) is 8.98. The zero-order chi connectivity index (χ0) is 16.4. The number of aromatic amines is 1. The number of aromatic nitrogens is 3. The molecule has 1 aromatic carbocycles. The van der Waals surface area contributed by atoms with E-state index < -0.39 is 0 Å². The third kappa shape index (κ3) is 2.88. The fourth-order valence-electron chi connectivity index (χ4n) is 3.78. The Labute approximate surface area is 142 Å². The number of fused-ring (bicyclic) bond motifs is 1. The number of rotatable bonds is 4. The van der Waals surface area contributed by atoms with E-state index >= 15 is 0 Å². The highest BCUT2D eigenvalue weighted by molar-refractivity contribution is 5.92. The van der Waals surface area contributed by atoms with Gasteiger partial charge in [-0.3, -0.25) is 10.1 Å². The lowest BCUT2D eigenvalue weighted by atomic mass is 9.93. The van der Waals surface area contributed by atoms with Crippen LogP contribution < -0.4 is 4.90 Å². The van der Waals surface area contributed by atoms with Crippen LogP contribution in [0.3, 0.4) is 0 Å². The average Bonchev–Trinajstić information content (AvgIpc) is 3.16. The third-order valence-corrected chi connectivity index (χ3v) is 5.05. The fourth-order valence-corrected chi connectivity index (χ4v) is 3.78. The van der Waals surface area contributed by atoms with Crippen LogP contribution in [-0.4, -0.2) is 28.3 Å². The molecule has 3 heterocycles. The zero-order valence-corrected chi connectivity index (χ0v) is 14.2. The van der Waals surface area contributed by atoms with Gasteiger partial charge in [0, 0.05) is 47.7 Å². The Morgan fingerprint density at radius 3 is 2.75 bits per heavy atom. The molecule has 3 aromatic rings. The topological polar surface area (TPSA) is 44.8 Å².